The molecule has 0 bridgehead atoms. The molecule has 4 aliphatic rings. The molecule has 0 aliphatic heterocycles. The quantitative estimate of drug-likeness (QED) is 0.0792. The van der Waals surface area contributed by atoms with Gasteiger partial charge in [-0.3, -0.25) is 70.8 Å². The largest absolute Gasteiger partial charge is 0.272 e. The summed E-state index contributed by atoms with van der Waals surface area (Å²) in [5.74, 6) is 16.9. The lowest BCUT2D eigenvalue weighted by atomic mass is 10.0. The highest BCUT2D eigenvalue weighted by Gasteiger charge is 2.20. The molecule has 5 aromatic carbocycles. The topological polar surface area (TPSA) is 302 Å². The van der Waals surface area contributed by atoms with Crippen molar-refractivity contribution < 1.29 is 34.5 Å². The third kappa shape index (κ3) is 24.3. The van der Waals surface area contributed by atoms with Gasteiger partial charge in [-0.15, -0.1) is 11.8 Å². The first-order chi connectivity index (χ1) is 39.9. The number of allylic oxidation sites excluding steroid dienone is 12. The molecule has 4 aliphatic carbocycles. The lowest BCUT2D eigenvalue weighted by molar-refractivity contribution is -0.426. The van der Waals surface area contributed by atoms with Crippen molar-refractivity contribution in [1.29, 1.82) is 0 Å². The number of non-ortho nitro benzene ring substituents is 2. The van der Waals surface area contributed by atoms with Gasteiger partial charge in [-0.05, 0) is 96.0 Å². The molecule has 0 saturated carbocycles. The van der Waals surface area contributed by atoms with Crippen molar-refractivity contribution in [2.45, 2.75) is 74.1 Å². The van der Waals surface area contributed by atoms with Crippen LogP contribution in [0.5, 0.6) is 0 Å². The Balaban J connectivity index is 0.000000260. The number of hydrogen-bond donors (Lipinski definition) is 0. The third-order valence-corrected chi connectivity index (χ3v) is 11.5. The van der Waals surface area contributed by atoms with Crippen LogP contribution in [0.15, 0.2) is 209 Å². The standard InChI is InChI=1S/C14H11NO2.C12H11NO2.C9H7NO2.C8H7NO2.2C7H7NO2.C6H7NO2/c1-11-2-4-12(5-3-11)6-7-13-8-9-14(10-13)15(16)17;1-9-2-4-10(5-3-9)11-6-7-12(8-11)13(14)15;1-2-3-8-4-6-9(7-5-8)10(11)12;1-2-3-7-4-5-8(6-7)9(10)11;1-6-2-4-7(5-3-6)8(9)10;1-6-4-2-3-5-7(6)8(9)10;1-5-2-3-6(4-5)7(8)9/h2-5,8-9H,10H2,1H3;2-7H,8H2,1H3;4-7H,1H3;4-5H,6H2,1H3;2*2-5H,1H3;2-3H,4H2,1H3. The van der Waals surface area contributed by atoms with Crippen LogP contribution in [0.3, 0.4) is 0 Å². The summed E-state index contributed by atoms with van der Waals surface area (Å²) in [6.07, 6.45) is 14.8. The number of hydrogen-bond acceptors (Lipinski definition) is 14. The zero-order valence-electron chi connectivity index (χ0n) is 46.8. The van der Waals surface area contributed by atoms with E-state index < -0.39 is 9.85 Å². The highest BCUT2D eigenvalue weighted by Crippen LogP contribution is 2.28. The molecule has 0 aromatic heterocycles. The number of benzene rings is 5. The second-order valence-electron chi connectivity index (χ2n) is 18.1. The number of nitrogens with zero attached hydrogens (tertiary/aromatic N) is 7. The van der Waals surface area contributed by atoms with E-state index >= 15 is 0 Å². The van der Waals surface area contributed by atoms with Crippen LogP contribution in [0, 0.1) is 134 Å². The van der Waals surface area contributed by atoms with Crippen molar-refractivity contribution in [3.63, 3.8) is 0 Å². The van der Waals surface area contributed by atoms with E-state index in [4.69, 9.17) is 0 Å². The van der Waals surface area contributed by atoms with E-state index in [2.05, 4.69) is 35.5 Å². The summed E-state index contributed by atoms with van der Waals surface area (Å²) >= 11 is 0. The van der Waals surface area contributed by atoms with Crippen molar-refractivity contribution in [3.8, 4) is 35.5 Å². The first-order valence-electron chi connectivity index (χ1n) is 25.2. The molecule has 0 saturated heterocycles. The minimum absolute atomic E-state index is 0.0941. The van der Waals surface area contributed by atoms with Gasteiger partial charge >= 0.3 is 0 Å². The third-order valence-electron chi connectivity index (χ3n) is 11.5. The summed E-state index contributed by atoms with van der Waals surface area (Å²) in [4.78, 5) is 69.3. The predicted molar refractivity (Wildman–Crippen MR) is 321 cm³/mol. The highest BCUT2D eigenvalue weighted by atomic mass is 16.6. The lowest BCUT2D eigenvalue weighted by Crippen LogP contribution is -1.96. The molecule has 5 aromatic rings. The normalized spacial score (nSPS) is 12.5. The molecule has 9 rings (SSSR count). The molecule has 0 radical (unpaired) electrons. The minimum atomic E-state index is -0.427. The van der Waals surface area contributed by atoms with E-state index in [1.165, 1.54) is 53.6 Å². The molecule has 428 valence electrons. The summed E-state index contributed by atoms with van der Waals surface area (Å²) in [6.45, 7) is 13.0. The first kappa shape index (κ1) is 66.8. The van der Waals surface area contributed by atoms with Gasteiger partial charge < -0.3 is 0 Å². The highest BCUT2D eigenvalue weighted by molar-refractivity contribution is 5.71. The average Bonchev–Trinajstić information content (AvgIpc) is 4.45. The molecule has 0 amide bonds. The van der Waals surface area contributed by atoms with E-state index in [-0.39, 0.29) is 58.8 Å². The van der Waals surface area contributed by atoms with Gasteiger partial charge in [0.2, 0.25) is 5.70 Å². The van der Waals surface area contributed by atoms with Gasteiger partial charge in [-0.25, -0.2) is 0 Å². The molecule has 0 spiro atoms. The Kier molecular flexibility index (Phi) is 27.4. The smallest absolute Gasteiger partial charge is 0.259 e. The fourth-order valence-corrected chi connectivity index (χ4v) is 7.01. The molecule has 0 fully saturated rings. The molecule has 21 heteroatoms. The summed E-state index contributed by atoms with van der Waals surface area (Å²) < 4.78 is 0. The fourth-order valence-electron chi connectivity index (χ4n) is 7.01. The maximum atomic E-state index is 10.5. The van der Waals surface area contributed by atoms with Gasteiger partial charge in [0.15, 0.2) is 0 Å². The molecule has 21 nitrogen and oxygen atoms in total. The van der Waals surface area contributed by atoms with Crippen molar-refractivity contribution in [2.24, 2.45) is 0 Å². The number of nitro benzene ring substituents is 3. The average molecular weight is 1140 g/mol. The number of para-hydroxylation sites is 1. The SMILES string of the molecule is CC#CC1=CC=C([N+](=O)[O-])C1.CC#Cc1ccc([N+](=O)[O-])cc1.CC1=CC=C([N+](=O)[O-])C1.Cc1ccc(C#CC2=CC=C([N+](=O)[O-])C2)cc1.Cc1ccc(C2=CC=C([N+](=O)[O-])C2)cc1.Cc1ccc([N+](=O)[O-])cc1.Cc1ccccc1[N+](=O)[O-]. The van der Waals surface area contributed by atoms with Crippen LogP contribution in [0.4, 0.5) is 17.1 Å². The number of aryl methyl sites for hydroxylation is 4. The zero-order valence-corrected chi connectivity index (χ0v) is 46.8. The van der Waals surface area contributed by atoms with Crippen LogP contribution in [-0.2, 0) is 0 Å². The van der Waals surface area contributed by atoms with E-state index in [9.17, 15) is 70.8 Å². The Morgan fingerprint density at radius 2 is 0.726 bits per heavy atom. The van der Waals surface area contributed by atoms with Gasteiger partial charge in [-0.2, -0.15) is 0 Å². The predicted octanol–water partition coefficient (Wildman–Crippen LogP) is 14.5. The molecular formula is C63H57N7O14. The fraction of sp³-hybridized carbons (Fsp3) is 0.175. The maximum absolute atomic E-state index is 10.5. The molecule has 0 N–H and O–H groups in total. The van der Waals surface area contributed by atoms with E-state index in [1.807, 2.05) is 82.3 Å². The van der Waals surface area contributed by atoms with E-state index in [1.54, 1.807) is 93.6 Å². The molecule has 0 unspecified atom stereocenters. The van der Waals surface area contributed by atoms with Crippen molar-refractivity contribution in [2.75, 3.05) is 0 Å². The number of rotatable bonds is 8. The first-order valence-corrected chi connectivity index (χ1v) is 25.2. The maximum Gasteiger partial charge on any atom is 0.272 e. The van der Waals surface area contributed by atoms with Crippen LogP contribution >= 0.6 is 0 Å². The lowest BCUT2D eigenvalue weighted by Gasteiger charge is -2.02. The van der Waals surface area contributed by atoms with Crippen LogP contribution in [0.2, 0.25) is 0 Å². The summed E-state index contributed by atoms with van der Waals surface area (Å²) in [5, 5.41) is 71.9. The molecule has 84 heavy (non-hydrogen) atoms. The second kappa shape index (κ2) is 34.5. The van der Waals surface area contributed by atoms with Crippen LogP contribution in [0.1, 0.15) is 85.4 Å². The Morgan fingerprint density at radius 1 is 0.345 bits per heavy atom. The van der Waals surface area contributed by atoms with Crippen LogP contribution < -0.4 is 0 Å². The van der Waals surface area contributed by atoms with Crippen molar-refractivity contribution in [3.05, 3.63) is 319 Å². The molecular weight excluding hydrogens is 1080 g/mol. The zero-order chi connectivity index (χ0) is 62.3. The van der Waals surface area contributed by atoms with Crippen molar-refractivity contribution in [1.82, 2.24) is 0 Å². The Morgan fingerprint density at radius 3 is 1.11 bits per heavy atom. The van der Waals surface area contributed by atoms with Gasteiger partial charge in [0.1, 0.15) is 0 Å². The van der Waals surface area contributed by atoms with Gasteiger partial charge in [0.05, 0.1) is 60.1 Å². The van der Waals surface area contributed by atoms with Crippen LogP contribution in [-0.4, -0.2) is 34.5 Å². The molecule has 0 heterocycles. The summed E-state index contributed by atoms with van der Waals surface area (Å²) in [7, 11) is 0. The minimum Gasteiger partial charge on any atom is -0.259 e. The van der Waals surface area contributed by atoms with Crippen molar-refractivity contribution >= 4 is 22.6 Å². The van der Waals surface area contributed by atoms with E-state index in [0.29, 0.717) is 36.9 Å². The van der Waals surface area contributed by atoms with Gasteiger partial charge in [-0.1, -0.05) is 125 Å². The Hall–Kier alpha value is -11.5. The summed E-state index contributed by atoms with van der Waals surface area (Å²) in [6, 6.07) is 35.1. The summed E-state index contributed by atoms with van der Waals surface area (Å²) in [5.41, 5.74) is 12.0. The second-order valence-corrected chi connectivity index (χ2v) is 18.1. The van der Waals surface area contributed by atoms with E-state index in [0.717, 1.165) is 44.5 Å². The molecule has 0 atom stereocenters. The van der Waals surface area contributed by atoms with Gasteiger partial charge in [0.25, 0.3) is 34.2 Å². The monoisotopic (exact) mass is 1140 g/mol. The Bertz CT molecular complexity index is 3720. The van der Waals surface area contributed by atoms with Gasteiger partial charge in [0, 0.05) is 82.5 Å². The van der Waals surface area contributed by atoms with Crippen LogP contribution in [0.25, 0.3) is 5.57 Å². The Labute approximate surface area is 484 Å². The number of nitro groups is 7.